The molecule has 3 rings (SSSR count). The van der Waals surface area contributed by atoms with Gasteiger partial charge in [0.2, 0.25) is 5.88 Å². The summed E-state index contributed by atoms with van der Waals surface area (Å²) in [6, 6.07) is 4.22. The second-order valence-electron chi connectivity index (χ2n) is 5.96. The summed E-state index contributed by atoms with van der Waals surface area (Å²) in [5.41, 5.74) is 8.52. The molecule has 1 aromatic rings. The van der Waals surface area contributed by atoms with Gasteiger partial charge in [0.05, 0.1) is 6.61 Å². The van der Waals surface area contributed by atoms with Crippen molar-refractivity contribution in [1.82, 2.24) is 4.98 Å². The van der Waals surface area contributed by atoms with Crippen LogP contribution in [-0.2, 0) is 12.8 Å². The molecule has 2 N–H and O–H groups in total. The molecule has 0 aromatic carbocycles. The normalized spacial score (nSPS) is 26.2. The standard InChI is InChI=1S/C16H24N2O/c17-10-13-4-1-2-5-14(13)11-19-16-9-8-12-6-3-7-15(12)18-16/h8-9,13-14H,1-7,10-11,17H2. The van der Waals surface area contributed by atoms with E-state index >= 15 is 0 Å². The smallest absolute Gasteiger partial charge is 0.213 e. The molecule has 2 unspecified atom stereocenters. The van der Waals surface area contributed by atoms with Crippen molar-refractivity contribution < 1.29 is 4.74 Å². The minimum atomic E-state index is 0.619. The van der Waals surface area contributed by atoms with Gasteiger partial charge in [-0.3, -0.25) is 0 Å². The molecule has 0 radical (unpaired) electrons. The Morgan fingerprint density at radius 3 is 2.79 bits per heavy atom. The van der Waals surface area contributed by atoms with Crippen molar-refractivity contribution in [3.05, 3.63) is 23.4 Å². The molecule has 1 aromatic heterocycles. The summed E-state index contributed by atoms with van der Waals surface area (Å²) in [6.45, 7) is 1.58. The van der Waals surface area contributed by atoms with Crippen LogP contribution in [0.2, 0.25) is 0 Å². The Kier molecular flexibility index (Phi) is 4.02. The molecule has 0 spiro atoms. The van der Waals surface area contributed by atoms with E-state index in [0.717, 1.165) is 25.5 Å². The third-order valence-corrected chi connectivity index (χ3v) is 4.72. The molecule has 0 bridgehead atoms. The lowest BCUT2D eigenvalue weighted by Gasteiger charge is -2.30. The first-order valence-corrected chi connectivity index (χ1v) is 7.68. The zero-order valence-electron chi connectivity index (χ0n) is 11.6. The van der Waals surface area contributed by atoms with Gasteiger partial charge in [0.25, 0.3) is 0 Å². The van der Waals surface area contributed by atoms with Gasteiger partial charge < -0.3 is 10.5 Å². The number of pyridine rings is 1. The molecule has 2 aliphatic rings. The van der Waals surface area contributed by atoms with E-state index in [1.807, 2.05) is 6.07 Å². The average Bonchev–Trinajstić information content (AvgIpc) is 2.93. The summed E-state index contributed by atoms with van der Waals surface area (Å²) < 4.78 is 5.94. The van der Waals surface area contributed by atoms with E-state index in [1.54, 1.807) is 0 Å². The molecule has 104 valence electrons. The average molecular weight is 260 g/mol. The van der Waals surface area contributed by atoms with Crippen LogP contribution in [-0.4, -0.2) is 18.1 Å². The number of rotatable bonds is 4. The van der Waals surface area contributed by atoms with Crippen molar-refractivity contribution >= 4 is 0 Å². The molecule has 0 saturated heterocycles. The Morgan fingerprint density at radius 1 is 1.11 bits per heavy atom. The highest BCUT2D eigenvalue weighted by Gasteiger charge is 2.24. The van der Waals surface area contributed by atoms with Crippen LogP contribution >= 0.6 is 0 Å². The molecule has 0 amide bonds. The Morgan fingerprint density at radius 2 is 1.95 bits per heavy atom. The zero-order chi connectivity index (χ0) is 13.1. The van der Waals surface area contributed by atoms with Gasteiger partial charge in [0, 0.05) is 11.8 Å². The maximum Gasteiger partial charge on any atom is 0.213 e. The van der Waals surface area contributed by atoms with Crippen LogP contribution in [0.1, 0.15) is 43.4 Å². The molecule has 19 heavy (non-hydrogen) atoms. The summed E-state index contributed by atoms with van der Waals surface area (Å²) in [7, 11) is 0. The number of aromatic nitrogens is 1. The van der Waals surface area contributed by atoms with Crippen molar-refractivity contribution in [3.63, 3.8) is 0 Å². The molecular weight excluding hydrogens is 236 g/mol. The first-order chi connectivity index (χ1) is 9.36. The van der Waals surface area contributed by atoms with Crippen LogP contribution in [0, 0.1) is 11.8 Å². The van der Waals surface area contributed by atoms with Gasteiger partial charge in [0.1, 0.15) is 0 Å². The Balaban J connectivity index is 1.59. The minimum absolute atomic E-state index is 0.619. The van der Waals surface area contributed by atoms with E-state index in [2.05, 4.69) is 11.1 Å². The largest absolute Gasteiger partial charge is 0.477 e. The van der Waals surface area contributed by atoms with Gasteiger partial charge in [-0.1, -0.05) is 18.9 Å². The third kappa shape index (κ3) is 2.92. The number of fused-ring (bicyclic) bond motifs is 1. The van der Waals surface area contributed by atoms with E-state index in [4.69, 9.17) is 10.5 Å². The quantitative estimate of drug-likeness (QED) is 0.905. The van der Waals surface area contributed by atoms with E-state index in [9.17, 15) is 0 Å². The summed E-state index contributed by atoms with van der Waals surface area (Å²) in [5.74, 6) is 2.07. The highest BCUT2D eigenvalue weighted by molar-refractivity contribution is 5.29. The number of nitrogens with zero attached hydrogens (tertiary/aromatic N) is 1. The van der Waals surface area contributed by atoms with Gasteiger partial charge in [-0.15, -0.1) is 0 Å². The predicted octanol–water partition coefficient (Wildman–Crippen LogP) is 2.71. The van der Waals surface area contributed by atoms with Gasteiger partial charge in [-0.2, -0.15) is 0 Å². The summed E-state index contributed by atoms with van der Waals surface area (Å²) in [5, 5.41) is 0. The fourth-order valence-corrected chi connectivity index (χ4v) is 3.49. The predicted molar refractivity (Wildman–Crippen MR) is 76.3 cm³/mol. The lowest BCUT2D eigenvalue weighted by atomic mass is 9.80. The van der Waals surface area contributed by atoms with Crippen molar-refractivity contribution in [1.29, 1.82) is 0 Å². The van der Waals surface area contributed by atoms with Crippen LogP contribution in [0.15, 0.2) is 12.1 Å². The van der Waals surface area contributed by atoms with E-state index in [0.29, 0.717) is 11.8 Å². The zero-order valence-corrected chi connectivity index (χ0v) is 11.6. The van der Waals surface area contributed by atoms with Crippen molar-refractivity contribution in [2.45, 2.75) is 44.9 Å². The SMILES string of the molecule is NCC1CCCCC1COc1ccc2c(n1)CCC2. The Hall–Kier alpha value is -1.09. The number of aryl methyl sites for hydroxylation is 2. The molecule has 1 saturated carbocycles. The third-order valence-electron chi connectivity index (χ3n) is 4.72. The molecular formula is C16H24N2O. The van der Waals surface area contributed by atoms with Crippen molar-refractivity contribution in [2.75, 3.05) is 13.2 Å². The fourth-order valence-electron chi connectivity index (χ4n) is 3.49. The topological polar surface area (TPSA) is 48.1 Å². The minimum Gasteiger partial charge on any atom is -0.477 e. The lowest BCUT2D eigenvalue weighted by Crippen LogP contribution is -2.30. The monoisotopic (exact) mass is 260 g/mol. The van der Waals surface area contributed by atoms with Crippen LogP contribution in [0.5, 0.6) is 5.88 Å². The van der Waals surface area contributed by atoms with Gasteiger partial charge >= 0.3 is 0 Å². The molecule has 3 heteroatoms. The van der Waals surface area contributed by atoms with Gasteiger partial charge in [-0.25, -0.2) is 4.98 Å². The Bertz CT molecular complexity index is 433. The lowest BCUT2D eigenvalue weighted by molar-refractivity contribution is 0.149. The fraction of sp³-hybridized carbons (Fsp3) is 0.688. The summed E-state index contributed by atoms with van der Waals surface area (Å²) >= 11 is 0. The first-order valence-electron chi connectivity index (χ1n) is 7.68. The maximum atomic E-state index is 5.94. The summed E-state index contributed by atoms with van der Waals surface area (Å²) in [4.78, 5) is 4.64. The maximum absolute atomic E-state index is 5.94. The number of nitrogens with two attached hydrogens (primary N) is 1. The van der Waals surface area contributed by atoms with Gasteiger partial charge in [-0.05, 0) is 56.0 Å². The molecule has 2 atom stereocenters. The van der Waals surface area contributed by atoms with Crippen LogP contribution in [0.3, 0.4) is 0 Å². The van der Waals surface area contributed by atoms with E-state index in [1.165, 1.54) is 49.8 Å². The molecule has 0 aliphatic heterocycles. The van der Waals surface area contributed by atoms with Crippen LogP contribution in [0.4, 0.5) is 0 Å². The second-order valence-corrected chi connectivity index (χ2v) is 5.96. The number of hydrogen-bond acceptors (Lipinski definition) is 3. The summed E-state index contributed by atoms with van der Waals surface area (Å²) in [6.07, 6.45) is 8.71. The molecule has 3 nitrogen and oxygen atoms in total. The molecule has 2 aliphatic carbocycles. The molecule has 1 heterocycles. The highest BCUT2D eigenvalue weighted by atomic mass is 16.5. The van der Waals surface area contributed by atoms with Crippen LogP contribution in [0.25, 0.3) is 0 Å². The van der Waals surface area contributed by atoms with E-state index < -0.39 is 0 Å². The molecule has 1 fully saturated rings. The first kappa shape index (κ1) is 12.9. The van der Waals surface area contributed by atoms with Crippen molar-refractivity contribution in [3.8, 4) is 5.88 Å². The number of ether oxygens (including phenoxy) is 1. The van der Waals surface area contributed by atoms with Crippen molar-refractivity contribution in [2.24, 2.45) is 17.6 Å². The van der Waals surface area contributed by atoms with E-state index in [-0.39, 0.29) is 0 Å². The number of hydrogen-bond donors (Lipinski definition) is 1. The van der Waals surface area contributed by atoms with Gasteiger partial charge in [0.15, 0.2) is 0 Å². The Labute approximate surface area is 115 Å². The van der Waals surface area contributed by atoms with Crippen LogP contribution < -0.4 is 10.5 Å². The highest BCUT2D eigenvalue weighted by Crippen LogP contribution is 2.30. The second kappa shape index (κ2) is 5.91.